The minimum Gasteiger partial charge on any atom is -0.333 e. The summed E-state index contributed by atoms with van der Waals surface area (Å²) in [4.78, 5) is 20.0. The van der Waals surface area contributed by atoms with Crippen LogP contribution in [0.1, 0.15) is 27.5 Å². The van der Waals surface area contributed by atoms with Gasteiger partial charge in [-0.05, 0) is 41.1 Å². The molecule has 0 N–H and O–H groups in total. The number of rotatable bonds is 3. The SMILES string of the molecule is C=CC(=O)N1Cc2sc(Cl)cc2[C@H](c2ccccc2-c2cncc3ccc(C)cc23)C1. The lowest BCUT2D eigenvalue weighted by Crippen LogP contribution is -2.37. The summed E-state index contributed by atoms with van der Waals surface area (Å²) in [7, 11) is 0. The molecule has 5 rings (SSSR count). The lowest BCUT2D eigenvalue weighted by molar-refractivity contribution is -0.127. The van der Waals surface area contributed by atoms with Crippen molar-refractivity contribution in [3.63, 3.8) is 0 Å². The summed E-state index contributed by atoms with van der Waals surface area (Å²) in [5.74, 6) is -0.0206. The van der Waals surface area contributed by atoms with Crippen molar-refractivity contribution in [1.82, 2.24) is 9.88 Å². The Balaban J connectivity index is 1.71. The van der Waals surface area contributed by atoms with E-state index in [4.69, 9.17) is 11.6 Å². The largest absolute Gasteiger partial charge is 0.333 e. The van der Waals surface area contributed by atoms with Gasteiger partial charge in [0.25, 0.3) is 0 Å². The fourth-order valence-electron chi connectivity index (χ4n) is 4.49. The summed E-state index contributed by atoms with van der Waals surface area (Å²) >= 11 is 7.95. The highest BCUT2D eigenvalue weighted by Gasteiger charge is 2.31. The van der Waals surface area contributed by atoms with Gasteiger partial charge >= 0.3 is 0 Å². The standard InChI is InChI=1S/C26H21ClN2OS/c1-3-26(30)29-14-23(21-11-25(27)31-24(21)15-29)19-7-5-4-6-18(19)22-13-28-12-17-9-8-16(2)10-20(17)22/h3-13,23H,1,14-15H2,2H3/t23-/m0/s1. The van der Waals surface area contributed by atoms with Crippen molar-refractivity contribution in [2.75, 3.05) is 6.54 Å². The number of carbonyl (C=O) groups excluding carboxylic acids is 1. The van der Waals surface area contributed by atoms with E-state index in [2.05, 4.69) is 67.0 Å². The van der Waals surface area contributed by atoms with E-state index in [1.165, 1.54) is 28.2 Å². The van der Waals surface area contributed by atoms with Crippen LogP contribution in [-0.2, 0) is 11.3 Å². The molecule has 0 unspecified atom stereocenters. The summed E-state index contributed by atoms with van der Waals surface area (Å²) in [6.45, 7) is 6.96. The van der Waals surface area contributed by atoms with Crippen molar-refractivity contribution in [3.05, 3.63) is 99.5 Å². The van der Waals surface area contributed by atoms with Gasteiger partial charge in [-0.25, -0.2) is 0 Å². The Morgan fingerprint density at radius 3 is 2.84 bits per heavy atom. The molecule has 2 aromatic heterocycles. The van der Waals surface area contributed by atoms with Crippen LogP contribution in [0.2, 0.25) is 4.34 Å². The number of benzene rings is 2. The van der Waals surface area contributed by atoms with Gasteiger partial charge < -0.3 is 4.90 Å². The van der Waals surface area contributed by atoms with E-state index in [9.17, 15) is 4.79 Å². The number of amides is 1. The number of nitrogens with zero attached hydrogens (tertiary/aromatic N) is 2. The molecule has 1 aliphatic heterocycles. The highest BCUT2D eigenvalue weighted by atomic mass is 35.5. The van der Waals surface area contributed by atoms with Crippen molar-refractivity contribution in [2.24, 2.45) is 0 Å². The van der Waals surface area contributed by atoms with E-state index in [1.54, 1.807) is 11.3 Å². The first-order valence-corrected chi connectivity index (χ1v) is 11.4. The van der Waals surface area contributed by atoms with Crippen LogP contribution in [0.15, 0.2) is 73.6 Å². The van der Waals surface area contributed by atoms with E-state index in [0.29, 0.717) is 13.1 Å². The number of aryl methyl sites for hydroxylation is 1. The second-order valence-corrected chi connectivity index (χ2v) is 9.67. The third-order valence-electron chi connectivity index (χ3n) is 5.95. The first-order valence-electron chi connectivity index (χ1n) is 10.2. The molecule has 0 aliphatic carbocycles. The van der Waals surface area contributed by atoms with E-state index in [-0.39, 0.29) is 11.8 Å². The predicted octanol–water partition coefficient (Wildman–Crippen LogP) is 6.59. The molecule has 1 atom stereocenters. The molecular formula is C26H21ClN2OS. The zero-order valence-corrected chi connectivity index (χ0v) is 18.7. The average molecular weight is 445 g/mol. The van der Waals surface area contributed by atoms with Crippen LogP contribution in [0.25, 0.3) is 21.9 Å². The van der Waals surface area contributed by atoms with E-state index in [1.807, 2.05) is 17.3 Å². The number of carbonyl (C=O) groups is 1. The molecule has 1 aliphatic rings. The van der Waals surface area contributed by atoms with Crippen LogP contribution in [0.3, 0.4) is 0 Å². The summed E-state index contributed by atoms with van der Waals surface area (Å²) in [5, 5.41) is 2.30. The molecule has 0 saturated heterocycles. The second kappa shape index (κ2) is 7.95. The predicted molar refractivity (Wildman–Crippen MR) is 129 cm³/mol. The fourth-order valence-corrected chi connectivity index (χ4v) is 5.84. The average Bonchev–Trinajstić information content (AvgIpc) is 3.17. The molecule has 0 radical (unpaired) electrons. The Labute approximate surface area is 190 Å². The number of hydrogen-bond donors (Lipinski definition) is 0. The van der Waals surface area contributed by atoms with Gasteiger partial charge in [0, 0.05) is 40.7 Å². The van der Waals surface area contributed by atoms with Crippen LogP contribution < -0.4 is 0 Å². The third kappa shape index (κ3) is 3.56. The summed E-state index contributed by atoms with van der Waals surface area (Å²) in [6.07, 6.45) is 5.24. The zero-order valence-electron chi connectivity index (χ0n) is 17.1. The van der Waals surface area contributed by atoms with Gasteiger partial charge in [0.15, 0.2) is 0 Å². The smallest absolute Gasteiger partial charge is 0.246 e. The maximum absolute atomic E-state index is 12.5. The highest BCUT2D eigenvalue weighted by Crippen LogP contribution is 2.43. The normalized spacial score (nSPS) is 15.7. The molecule has 0 bridgehead atoms. The lowest BCUT2D eigenvalue weighted by atomic mass is 9.83. The van der Waals surface area contributed by atoms with Crippen molar-refractivity contribution < 1.29 is 4.79 Å². The number of fused-ring (bicyclic) bond motifs is 2. The number of halogens is 1. The highest BCUT2D eigenvalue weighted by molar-refractivity contribution is 7.16. The third-order valence-corrected chi connectivity index (χ3v) is 7.22. The molecule has 0 fully saturated rings. The van der Waals surface area contributed by atoms with Gasteiger partial charge in [-0.1, -0.05) is 66.2 Å². The van der Waals surface area contributed by atoms with Crippen molar-refractivity contribution >= 4 is 39.6 Å². The van der Waals surface area contributed by atoms with Crippen LogP contribution in [0, 0.1) is 6.92 Å². The number of hydrogen-bond acceptors (Lipinski definition) is 3. The van der Waals surface area contributed by atoms with Crippen molar-refractivity contribution in [1.29, 1.82) is 0 Å². The minimum atomic E-state index is -0.0555. The Morgan fingerprint density at radius 1 is 1.16 bits per heavy atom. The first kappa shape index (κ1) is 20.0. The van der Waals surface area contributed by atoms with Crippen LogP contribution >= 0.6 is 22.9 Å². The van der Waals surface area contributed by atoms with Crippen LogP contribution in [-0.4, -0.2) is 22.3 Å². The molecule has 3 heterocycles. The van der Waals surface area contributed by atoms with E-state index >= 15 is 0 Å². The number of thiophene rings is 1. The van der Waals surface area contributed by atoms with Crippen LogP contribution in [0.4, 0.5) is 0 Å². The van der Waals surface area contributed by atoms with Crippen molar-refractivity contribution in [2.45, 2.75) is 19.4 Å². The van der Waals surface area contributed by atoms with Gasteiger partial charge in [-0.15, -0.1) is 11.3 Å². The second-order valence-electron chi connectivity index (χ2n) is 7.90. The van der Waals surface area contributed by atoms with Gasteiger partial charge in [0.1, 0.15) is 0 Å². The minimum absolute atomic E-state index is 0.0349. The number of aromatic nitrogens is 1. The number of pyridine rings is 1. The summed E-state index contributed by atoms with van der Waals surface area (Å²) in [6, 6.07) is 16.9. The molecule has 5 heteroatoms. The summed E-state index contributed by atoms with van der Waals surface area (Å²) < 4.78 is 0.753. The van der Waals surface area contributed by atoms with Gasteiger partial charge in [0.05, 0.1) is 10.9 Å². The molecule has 0 spiro atoms. The Morgan fingerprint density at radius 2 is 2.00 bits per heavy atom. The van der Waals surface area contributed by atoms with E-state index < -0.39 is 0 Å². The molecular weight excluding hydrogens is 424 g/mol. The monoisotopic (exact) mass is 444 g/mol. The molecule has 31 heavy (non-hydrogen) atoms. The Hall–Kier alpha value is -2.95. The summed E-state index contributed by atoms with van der Waals surface area (Å²) in [5.41, 5.74) is 5.84. The Kier molecular flexibility index (Phi) is 5.12. The first-order chi connectivity index (χ1) is 15.0. The maximum atomic E-state index is 12.5. The Bertz CT molecular complexity index is 1330. The zero-order chi connectivity index (χ0) is 21.5. The van der Waals surface area contributed by atoms with Gasteiger partial charge in [-0.3, -0.25) is 9.78 Å². The molecule has 1 amide bonds. The maximum Gasteiger partial charge on any atom is 0.246 e. The molecule has 0 saturated carbocycles. The van der Waals surface area contributed by atoms with Crippen molar-refractivity contribution in [3.8, 4) is 11.1 Å². The molecule has 4 aromatic rings. The molecule has 154 valence electrons. The quantitative estimate of drug-likeness (QED) is 0.334. The van der Waals surface area contributed by atoms with Crippen LogP contribution in [0.5, 0.6) is 0 Å². The van der Waals surface area contributed by atoms with Gasteiger partial charge in [-0.2, -0.15) is 0 Å². The van der Waals surface area contributed by atoms with Gasteiger partial charge in [0.2, 0.25) is 5.91 Å². The topological polar surface area (TPSA) is 33.2 Å². The fraction of sp³-hybridized carbons (Fsp3) is 0.154. The lowest BCUT2D eigenvalue weighted by Gasteiger charge is -2.33. The molecule has 2 aromatic carbocycles. The van der Waals surface area contributed by atoms with E-state index in [0.717, 1.165) is 25.7 Å². The molecule has 3 nitrogen and oxygen atoms in total.